The number of hydrogen-bond acceptors (Lipinski definition) is 8. The summed E-state index contributed by atoms with van der Waals surface area (Å²) in [6.45, 7) is 3.49. The predicted octanol–water partition coefficient (Wildman–Crippen LogP) is 3.36. The molecule has 2 atom stereocenters. The molecule has 3 fully saturated rings. The minimum Gasteiger partial charge on any atom is -0.489 e. The van der Waals surface area contributed by atoms with Crippen LogP contribution in [0.2, 0.25) is 0 Å². The quantitative estimate of drug-likeness (QED) is 0.324. The van der Waals surface area contributed by atoms with Crippen molar-refractivity contribution in [3.63, 3.8) is 0 Å². The number of cyclic esters (lactones) is 1. The van der Waals surface area contributed by atoms with Gasteiger partial charge in [0.2, 0.25) is 11.3 Å². The number of carbonyl (C=O) groups is 3. The average Bonchev–Trinajstić information content (AvgIpc) is 3.61. The number of likely N-dealkylation sites (N-methyl/N-ethyl adjacent to an activating group) is 1. The second-order valence-corrected chi connectivity index (χ2v) is 12.0. The number of rotatable bonds is 11. The number of amides is 2. The van der Waals surface area contributed by atoms with Crippen LogP contribution < -0.4 is 25.3 Å². The van der Waals surface area contributed by atoms with E-state index in [0.29, 0.717) is 36.5 Å². The van der Waals surface area contributed by atoms with Crippen LogP contribution >= 0.6 is 0 Å². The van der Waals surface area contributed by atoms with Gasteiger partial charge in [0.15, 0.2) is 11.6 Å². The minimum atomic E-state index is -1.33. The largest absolute Gasteiger partial charge is 0.489 e. The summed E-state index contributed by atoms with van der Waals surface area (Å²) >= 11 is 0. The van der Waals surface area contributed by atoms with Gasteiger partial charge < -0.3 is 29.4 Å². The van der Waals surface area contributed by atoms with Crippen molar-refractivity contribution in [1.29, 1.82) is 0 Å². The van der Waals surface area contributed by atoms with Crippen LogP contribution in [0.3, 0.4) is 0 Å². The molecule has 14 heteroatoms. The smallest absolute Gasteiger partial charge is 0.414 e. The Morgan fingerprint density at radius 1 is 1.11 bits per heavy atom. The standard InChI is InChI=1S/C32H35F2N5O7/c1-18(40)35-14-22-16-39(32(44)46-22)20-5-6-29(26(34)11-20)45-10-9-36(2)21-7-8-37(15-21)28-13-27-23(12-25(28)33)30(41)24(31(42)43)17-38(27)19-3-4-19/h5-6,11-13,17,19,21-22H,3-4,7-10,14-16H2,1-2H3,(H,35,40)(H,42,43). The Labute approximate surface area is 263 Å². The first-order valence-electron chi connectivity index (χ1n) is 15.2. The Morgan fingerprint density at radius 2 is 1.89 bits per heavy atom. The lowest BCUT2D eigenvalue weighted by Crippen LogP contribution is -2.37. The van der Waals surface area contributed by atoms with Gasteiger partial charge in [-0.1, -0.05) is 0 Å². The molecule has 2 saturated heterocycles. The number of carbonyl (C=O) groups excluding carboxylic acids is 2. The van der Waals surface area contributed by atoms with Crippen LogP contribution in [-0.2, 0) is 9.53 Å². The van der Waals surface area contributed by atoms with Gasteiger partial charge in [-0.3, -0.25) is 19.4 Å². The maximum absolute atomic E-state index is 15.4. The summed E-state index contributed by atoms with van der Waals surface area (Å²) in [6, 6.07) is 7.20. The van der Waals surface area contributed by atoms with Crippen LogP contribution in [-0.4, -0.2) is 91.1 Å². The highest BCUT2D eigenvalue weighted by atomic mass is 19.1. The summed E-state index contributed by atoms with van der Waals surface area (Å²) in [6.07, 6.45) is 2.70. The van der Waals surface area contributed by atoms with Crippen molar-refractivity contribution in [3.05, 3.63) is 63.9 Å². The topological polar surface area (TPSA) is 134 Å². The summed E-state index contributed by atoms with van der Waals surface area (Å²) in [5, 5.41) is 12.2. The first-order chi connectivity index (χ1) is 22.0. The van der Waals surface area contributed by atoms with Crippen LogP contribution in [0.15, 0.2) is 41.3 Å². The fraction of sp³-hybridized carbons (Fsp3) is 0.438. The van der Waals surface area contributed by atoms with Gasteiger partial charge in [0.05, 0.1) is 30.0 Å². The molecule has 2 amide bonds. The number of halogens is 2. The molecule has 1 aromatic heterocycles. The number of carboxylic acid groups (broad SMARTS) is 1. The number of carboxylic acids is 1. The number of aromatic carboxylic acids is 1. The Kier molecular flexibility index (Phi) is 8.55. The molecule has 0 bridgehead atoms. The highest BCUT2D eigenvalue weighted by Gasteiger charge is 2.33. The van der Waals surface area contributed by atoms with E-state index in [9.17, 15) is 28.7 Å². The van der Waals surface area contributed by atoms with E-state index < -0.39 is 35.2 Å². The third-order valence-electron chi connectivity index (χ3n) is 8.78. The first-order valence-corrected chi connectivity index (χ1v) is 15.2. The molecule has 2 unspecified atom stereocenters. The normalized spacial score (nSPS) is 19.6. The highest BCUT2D eigenvalue weighted by Crippen LogP contribution is 2.38. The van der Waals surface area contributed by atoms with Crippen LogP contribution in [0.25, 0.3) is 10.9 Å². The number of nitrogens with one attached hydrogen (secondary N) is 1. The second-order valence-electron chi connectivity index (χ2n) is 12.0. The van der Waals surface area contributed by atoms with E-state index in [1.54, 1.807) is 16.7 Å². The van der Waals surface area contributed by atoms with Crippen molar-refractivity contribution < 1.29 is 37.7 Å². The molecule has 3 aromatic rings. The van der Waals surface area contributed by atoms with Crippen LogP contribution in [0, 0.1) is 11.6 Å². The number of ether oxygens (including phenoxy) is 2. The van der Waals surface area contributed by atoms with Crippen molar-refractivity contribution in [2.75, 3.05) is 56.2 Å². The molecule has 6 rings (SSSR count). The lowest BCUT2D eigenvalue weighted by molar-refractivity contribution is -0.119. The number of pyridine rings is 1. The molecule has 3 aliphatic rings. The van der Waals surface area contributed by atoms with Gasteiger partial charge in [-0.25, -0.2) is 18.4 Å². The molecule has 0 radical (unpaired) electrons. The SMILES string of the molecule is CC(=O)NCC1CN(c2ccc(OCCN(C)C3CCN(c4cc5c(cc4F)c(=O)c(C(=O)O)cn5C4CC4)C3)c(F)c2)C(=O)O1. The van der Waals surface area contributed by atoms with Crippen LogP contribution in [0.4, 0.5) is 25.0 Å². The molecule has 1 aliphatic carbocycles. The summed E-state index contributed by atoms with van der Waals surface area (Å²) in [4.78, 5) is 53.1. The van der Waals surface area contributed by atoms with Gasteiger partial charge >= 0.3 is 12.1 Å². The molecule has 1 saturated carbocycles. The van der Waals surface area contributed by atoms with Crippen molar-refractivity contribution >= 4 is 40.2 Å². The number of benzene rings is 2. The molecule has 244 valence electrons. The van der Waals surface area contributed by atoms with Gasteiger partial charge in [-0.2, -0.15) is 0 Å². The number of fused-ring (bicyclic) bond motifs is 1. The molecular weight excluding hydrogens is 604 g/mol. The number of hydrogen-bond donors (Lipinski definition) is 2. The third-order valence-corrected chi connectivity index (χ3v) is 8.78. The van der Waals surface area contributed by atoms with E-state index in [0.717, 1.165) is 25.3 Å². The Balaban J connectivity index is 1.06. The molecule has 3 heterocycles. The number of anilines is 2. The van der Waals surface area contributed by atoms with Crippen molar-refractivity contribution in [2.24, 2.45) is 0 Å². The van der Waals surface area contributed by atoms with E-state index in [1.807, 2.05) is 11.9 Å². The second kappa shape index (κ2) is 12.6. The summed E-state index contributed by atoms with van der Waals surface area (Å²) < 4.78 is 43.0. The van der Waals surface area contributed by atoms with Crippen molar-refractivity contribution in [3.8, 4) is 5.75 Å². The van der Waals surface area contributed by atoms with Crippen LogP contribution in [0.5, 0.6) is 5.75 Å². The van der Waals surface area contributed by atoms with E-state index in [-0.39, 0.29) is 54.4 Å². The lowest BCUT2D eigenvalue weighted by Gasteiger charge is -2.26. The fourth-order valence-electron chi connectivity index (χ4n) is 6.08. The summed E-state index contributed by atoms with van der Waals surface area (Å²) in [5.41, 5.74) is 0.152. The molecule has 0 spiro atoms. The maximum atomic E-state index is 15.4. The molecule has 2 aromatic carbocycles. The molecular formula is C32H35F2N5O7. The van der Waals surface area contributed by atoms with Gasteiger partial charge in [0.1, 0.15) is 24.1 Å². The first kappa shape index (κ1) is 31.3. The average molecular weight is 640 g/mol. The van der Waals surface area contributed by atoms with Crippen LogP contribution in [0.1, 0.15) is 42.6 Å². The molecule has 12 nitrogen and oxygen atoms in total. The summed E-state index contributed by atoms with van der Waals surface area (Å²) in [5.74, 6) is -2.73. The van der Waals surface area contributed by atoms with E-state index in [2.05, 4.69) is 10.2 Å². The molecule has 2 N–H and O–H groups in total. The zero-order valence-corrected chi connectivity index (χ0v) is 25.5. The number of nitrogens with zero attached hydrogens (tertiary/aromatic N) is 4. The van der Waals surface area contributed by atoms with E-state index in [1.165, 1.54) is 30.2 Å². The highest BCUT2D eigenvalue weighted by molar-refractivity contribution is 5.94. The summed E-state index contributed by atoms with van der Waals surface area (Å²) in [7, 11) is 1.92. The number of aromatic nitrogens is 1. The zero-order chi connectivity index (χ0) is 32.7. The monoisotopic (exact) mass is 639 g/mol. The Morgan fingerprint density at radius 3 is 2.59 bits per heavy atom. The molecule has 2 aliphatic heterocycles. The van der Waals surface area contributed by atoms with Gasteiger partial charge in [-0.15, -0.1) is 0 Å². The Bertz CT molecular complexity index is 1760. The maximum Gasteiger partial charge on any atom is 0.414 e. The van der Waals surface area contributed by atoms with Gasteiger partial charge in [0, 0.05) is 56.3 Å². The predicted molar refractivity (Wildman–Crippen MR) is 165 cm³/mol. The molecule has 46 heavy (non-hydrogen) atoms. The Hall–Kier alpha value is -4.72. The van der Waals surface area contributed by atoms with Crippen molar-refractivity contribution in [1.82, 2.24) is 14.8 Å². The fourth-order valence-corrected chi connectivity index (χ4v) is 6.08. The van der Waals surface area contributed by atoms with E-state index >= 15 is 4.39 Å². The van der Waals surface area contributed by atoms with Gasteiger partial charge in [-0.05, 0) is 50.6 Å². The zero-order valence-electron chi connectivity index (χ0n) is 25.5. The van der Waals surface area contributed by atoms with E-state index in [4.69, 9.17) is 9.47 Å². The van der Waals surface area contributed by atoms with Gasteiger partial charge in [0.25, 0.3) is 0 Å². The van der Waals surface area contributed by atoms with Crippen molar-refractivity contribution in [2.45, 2.75) is 44.4 Å². The third kappa shape index (κ3) is 6.34. The lowest BCUT2D eigenvalue weighted by atomic mass is 10.1. The minimum absolute atomic E-state index is 0.0403.